The highest BCUT2D eigenvalue weighted by atomic mass is 19.4. The summed E-state index contributed by atoms with van der Waals surface area (Å²) in [6, 6.07) is 8.47. The monoisotopic (exact) mass is 560 g/mol. The van der Waals surface area contributed by atoms with E-state index in [9.17, 15) is 31.1 Å². The summed E-state index contributed by atoms with van der Waals surface area (Å²) in [4.78, 5) is 25.7. The van der Waals surface area contributed by atoms with Crippen molar-refractivity contribution in [2.24, 2.45) is 0 Å². The molecule has 0 unspecified atom stereocenters. The molecule has 0 bridgehead atoms. The standard InChI is InChI=1S/C29H26F6N4O/c1-16-19(5-3-7-22(16)30)17-8-10-18(11-9-17)20-13-23-26(38-25(14-37-23)28(2,31)32)39(27(20)40)15-24-21(29(33,34)35)6-4-12-36-24/h3-7,12-14,17-18H,8-11,15H2,1-2H3. The third-order valence-corrected chi connectivity index (χ3v) is 7.69. The largest absolute Gasteiger partial charge is 0.418 e. The van der Waals surface area contributed by atoms with Gasteiger partial charge in [-0.3, -0.25) is 19.3 Å². The molecular formula is C29H26F6N4O. The summed E-state index contributed by atoms with van der Waals surface area (Å²) < 4.78 is 84.4. The van der Waals surface area contributed by atoms with Crippen LogP contribution in [0.15, 0.2) is 53.6 Å². The summed E-state index contributed by atoms with van der Waals surface area (Å²) in [7, 11) is 0. The molecular weight excluding hydrogens is 534 g/mol. The number of hydrogen-bond acceptors (Lipinski definition) is 4. The number of aromatic nitrogens is 4. The molecule has 1 aromatic carbocycles. The van der Waals surface area contributed by atoms with Crippen LogP contribution in [-0.2, 0) is 18.6 Å². The van der Waals surface area contributed by atoms with E-state index in [0.717, 1.165) is 28.5 Å². The Balaban J connectivity index is 1.57. The molecule has 0 atom stereocenters. The number of nitrogens with zero attached hydrogens (tertiary/aromatic N) is 4. The minimum atomic E-state index is -4.73. The first-order valence-electron chi connectivity index (χ1n) is 12.9. The molecule has 0 N–H and O–H groups in total. The van der Waals surface area contributed by atoms with Crippen LogP contribution in [0, 0.1) is 12.7 Å². The van der Waals surface area contributed by atoms with Crippen LogP contribution in [0.4, 0.5) is 26.3 Å². The van der Waals surface area contributed by atoms with E-state index < -0.39 is 41.2 Å². The molecule has 1 fully saturated rings. The summed E-state index contributed by atoms with van der Waals surface area (Å²) >= 11 is 0. The molecule has 0 saturated heterocycles. The maximum absolute atomic E-state index is 14.1. The molecule has 40 heavy (non-hydrogen) atoms. The first-order chi connectivity index (χ1) is 18.8. The van der Waals surface area contributed by atoms with Crippen LogP contribution >= 0.6 is 0 Å². The predicted octanol–water partition coefficient (Wildman–Crippen LogP) is 7.25. The molecule has 1 aliphatic rings. The number of pyridine rings is 2. The molecule has 1 saturated carbocycles. The van der Waals surface area contributed by atoms with Crippen molar-refractivity contribution >= 4 is 11.2 Å². The zero-order chi connectivity index (χ0) is 28.8. The Morgan fingerprint density at radius 3 is 2.27 bits per heavy atom. The van der Waals surface area contributed by atoms with E-state index in [2.05, 4.69) is 15.0 Å². The van der Waals surface area contributed by atoms with Crippen molar-refractivity contribution in [1.29, 1.82) is 0 Å². The quantitative estimate of drug-likeness (QED) is 0.241. The van der Waals surface area contributed by atoms with E-state index in [0.29, 0.717) is 43.7 Å². The zero-order valence-corrected chi connectivity index (χ0v) is 21.8. The number of alkyl halides is 5. The Hall–Kier alpha value is -3.76. The molecule has 0 spiro atoms. The predicted molar refractivity (Wildman–Crippen MR) is 137 cm³/mol. The van der Waals surface area contributed by atoms with Crippen molar-refractivity contribution in [3.8, 4) is 0 Å². The Bertz CT molecular complexity index is 1620. The Morgan fingerprint density at radius 2 is 1.62 bits per heavy atom. The second-order valence-electron chi connectivity index (χ2n) is 10.3. The topological polar surface area (TPSA) is 60.7 Å². The maximum Gasteiger partial charge on any atom is 0.418 e. The summed E-state index contributed by atoms with van der Waals surface area (Å²) in [5, 5.41) is 0. The van der Waals surface area contributed by atoms with E-state index >= 15 is 0 Å². The van der Waals surface area contributed by atoms with Crippen molar-refractivity contribution in [3.63, 3.8) is 0 Å². The number of rotatable bonds is 5. The van der Waals surface area contributed by atoms with Crippen LogP contribution in [0.5, 0.6) is 0 Å². The van der Waals surface area contributed by atoms with Crippen molar-refractivity contribution in [1.82, 2.24) is 19.5 Å². The van der Waals surface area contributed by atoms with Gasteiger partial charge in [0.1, 0.15) is 17.0 Å². The van der Waals surface area contributed by atoms with E-state index in [1.165, 1.54) is 18.3 Å². The number of fused-ring (bicyclic) bond motifs is 1. The molecule has 5 rings (SSSR count). The third kappa shape index (κ3) is 5.33. The van der Waals surface area contributed by atoms with Gasteiger partial charge in [0, 0.05) is 18.7 Å². The molecule has 4 aromatic rings. The van der Waals surface area contributed by atoms with Gasteiger partial charge in [-0.1, -0.05) is 12.1 Å². The van der Waals surface area contributed by atoms with Crippen molar-refractivity contribution in [2.45, 2.75) is 70.0 Å². The summed E-state index contributed by atoms with van der Waals surface area (Å²) in [6.07, 6.45) is -0.133. The normalized spacial score (nSPS) is 18.3. The van der Waals surface area contributed by atoms with Crippen LogP contribution in [-0.4, -0.2) is 19.5 Å². The van der Waals surface area contributed by atoms with Gasteiger partial charge in [0.05, 0.1) is 24.0 Å². The first-order valence-corrected chi connectivity index (χ1v) is 12.9. The van der Waals surface area contributed by atoms with Crippen LogP contribution in [0.1, 0.15) is 78.1 Å². The minimum absolute atomic E-state index is 0.103. The van der Waals surface area contributed by atoms with Crippen LogP contribution < -0.4 is 5.56 Å². The lowest BCUT2D eigenvalue weighted by molar-refractivity contribution is -0.138. The molecule has 210 valence electrons. The second-order valence-corrected chi connectivity index (χ2v) is 10.3. The third-order valence-electron chi connectivity index (χ3n) is 7.69. The molecule has 0 amide bonds. The lowest BCUT2D eigenvalue weighted by atomic mass is 9.75. The Labute approximate surface area is 225 Å². The van der Waals surface area contributed by atoms with E-state index in [-0.39, 0.29) is 28.8 Å². The van der Waals surface area contributed by atoms with Crippen molar-refractivity contribution in [2.75, 3.05) is 0 Å². The van der Waals surface area contributed by atoms with Crippen LogP contribution in [0.2, 0.25) is 0 Å². The number of hydrogen-bond donors (Lipinski definition) is 0. The fourth-order valence-electron chi connectivity index (χ4n) is 5.55. The van der Waals surface area contributed by atoms with Gasteiger partial charge < -0.3 is 0 Å². The highest BCUT2D eigenvalue weighted by Gasteiger charge is 2.35. The van der Waals surface area contributed by atoms with Crippen LogP contribution in [0.3, 0.4) is 0 Å². The molecule has 0 radical (unpaired) electrons. The van der Waals surface area contributed by atoms with Gasteiger partial charge in [-0.05, 0) is 79.8 Å². The summed E-state index contributed by atoms with van der Waals surface area (Å²) in [6.45, 7) is 1.74. The van der Waals surface area contributed by atoms with Crippen molar-refractivity contribution in [3.05, 3.63) is 98.6 Å². The van der Waals surface area contributed by atoms with Gasteiger partial charge in [0.15, 0.2) is 5.65 Å². The fourth-order valence-corrected chi connectivity index (χ4v) is 5.55. The number of benzene rings is 1. The summed E-state index contributed by atoms with van der Waals surface area (Å²) in [5.41, 5.74) is -1.07. The van der Waals surface area contributed by atoms with Gasteiger partial charge in [0.2, 0.25) is 0 Å². The second kappa shape index (κ2) is 10.3. The van der Waals surface area contributed by atoms with E-state index in [1.54, 1.807) is 13.0 Å². The van der Waals surface area contributed by atoms with Crippen LogP contribution in [0.25, 0.3) is 11.2 Å². The SMILES string of the molecule is Cc1c(F)cccc1C1CCC(c2cc3ncc(C(C)(F)F)nc3n(Cc3ncccc3C(F)(F)F)c2=O)CC1. The molecule has 0 aliphatic heterocycles. The lowest BCUT2D eigenvalue weighted by Gasteiger charge is -2.30. The fraction of sp³-hybridized carbons (Fsp3) is 0.379. The highest BCUT2D eigenvalue weighted by molar-refractivity contribution is 5.71. The van der Waals surface area contributed by atoms with Crippen molar-refractivity contribution < 1.29 is 26.3 Å². The Kier molecular flexibility index (Phi) is 7.18. The average molecular weight is 561 g/mol. The lowest BCUT2D eigenvalue weighted by Crippen LogP contribution is -2.30. The Morgan fingerprint density at radius 1 is 0.950 bits per heavy atom. The van der Waals surface area contributed by atoms with Gasteiger partial charge in [0.25, 0.3) is 11.5 Å². The highest BCUT2D eigenvalue weighted by Crippen LogP contribution is 2.41. The minimum Gasteiger partial charge on any atom is -0.285 e. The zero-order valence-electron chi connectivity index (χ0n) is 21.8. The van der Waals surface area contributed by atoms with Gasteiger partial charge >= 0.3 is 6.18 Å². The average Bonchev–Trinajstić information content (AvgIpc) is 2.91. The van der Waals surface area contributed by atoms with E-state index in [4.69, 9.17) is 0 Å². The molecule has 1 aliphatic carbocycles. The molecule has 5 nitrogen and oxygen atoms in total. The van der Waals surface area contributed by atoms with Gasteiger partial charge in [-0.15, -0.1) is 0 Å². The molecule has 3 heterocycles. The first kappa shape index (κ1) is 27.8. The molecule has 3 aromatic heterocycles. The smallest absolute Gasteiger partial charge is 0.285 e. The number of halogens is 6. The summed E-state index contributed by atoms with van der Waals surface area (Å²) in [5.74, 6) is -3.80. The van der Waals surface area contributed by atoms with Gasteiger partial charge in [-0.2, -0.15) is 22.0 Å². The van der Waals surface area contributed by atoms with E-state index in [1.807, 2.05) is 6.07 Å². The molecule has 11 heteroatoms. The maximum atomic E-state index is 14.1. The van der Waals surface area contributed by atoms with Gasteiger partial charge in [-0.25, -0.2) is 9.37 Å².